The minimum absolute atomic E-state index is 0.125. The largest absolute Gasteiger partial charge is 0.481 e. The number of fused-ring (bicyclic) bond motifs is 1. The van der Waals surface area contributed by atoms with Crippen molar-refractivity contribution in [1.82, 2.24) is 0 Å². The molecule has 2 rings (SSSR count). The highest BCUT2D eigenvalue weighted by Gasteiger charge is 2.48. The molecule has 2 heterocycles. The fourth-order valence-electron chi connectivity index (χ4n) is 4.85. The van der Waals surface area contributed by atoms with Gasteiger partial charge in [0.05, 0.1) is 43.7 Å². The van der Waals surface area contributed by atoms with Gasteiger partial charge in [0.15, 0.2) is 0 Å². The van der Waals surface area contributed by atoms with Crippen LogP contribution in [-0.2, 0) is 23.8 Å². The van der Waals surface area contributed by atoms with Gasteiger partial charge in [0.2, 0.25) is 0 Å². The monoisotopic (exact) mass is 500 g/mol. The highest BCUT2D eigenvalue weighted by Crippen LogP contribution is 2.37. The minimum Gasteiger partial charge on any atom is -0.481 e. The first-order valence-electron chi connectivity index (χ1n) is 13.0. The Morgan fingerprint density at radius 2 is 1.74 bits per heavy atom. The molecule has 2 aliphatic heterocycles. The normalized spacial score (nSPS) is 30.9. The molecule has 9 nitrogen and oxygen atoms in total. The number of rotatable bonds is 14. The van der Waals surface area contributed by atoms with Crippen LogP contribution in [0.3, 0.4) is 0 Å². The molecule has 0 saturated carbocycles. The molecule has 2 saturated heterocycles. The number of carbonyl (C=O) groups excluding carboxylic acids is 1. The van der Waals surface area contributed by atoms with Crippen molar-refractivity contribution in [3.63, 3.8) is 0 Å². The molecule has 202 valence electrons. The third-order valence-corrected chi connectivity index (χ3v) is 7.14. The summed E-state index contributed by atoms with van der Waals surface area (Å²) >= 11 is 0. The molecular formula is C26H44O9. The van der Waals surface area contributed by atoms with Crippen LogP contribution in [0.25, 0.3) is 0 Å². The zero-order valence-corrected chi connectivity index (χ0v) is 21.3. The maximum Gasteiger partial charge on any atom is 0.330 e. The van der Waals surface area contributed by atoms with Gasteiger partial charge in [0.25, 0.3) is 0 Å². The summed E-state index contributed by atoms with van der Waals surface area (Å²) in [5, 5.41) is 39.9. The molecule has 4 N–H and O–H groups in total. The van der Waals surface area contributed by atoms with Crippen LogP contribution in [-0.4, -0.2) is 82.2 Å². The highest BCUT2D eigenvalue weighted by molar-refractivity contribution is 5.82. The molecular weight excluding hydrogens is 456 g/mol. The summed E-state index contributed by atoms with van der Waals surface area (Å²) < 4.78 is 17.2. The summed E-state index contributed by atoms with van der Waals surface area (Å²) in [5.74, 6) is -1.57. The molecule has 0 aromatic rings. The molecule has 0 radical (unpaired) electrons. The van der Waals surface area contributed by atoms with E-state index in [1.54, 1.807) is 13.8 Å². The summed E-state index contributed by atoms with van der Waals surface area (Å²) in [7, 11) is 0. The van der Waals surface area contributed by atoms with Crippen molar-refractivity contribution in [2.75, 3.05) is 13.2 Å². The second-order valence-electron chi connectivity index (χ2n) is 10.2. The molecule has 0 amide bonds. The van der Waals surface area contributed by atoms with Crippen LogP contribution < -0.4 is 0 Å². The maximum absolute atomic E-state index is 12.1. The fraction of sp³-hybridized carbons (Fsp3) is 0.846. The van der Waals surface area contributed by atoms with Gasteiger partial charge in [-0.15, -0.1) is 0 Å². The van der Waals surface area contributed by atoms with E-state index in [1.807, 2.05) is 6.92 Å². The Hall–Kier alpha value is -1.52. The number of hydrogen-bond donors (Lipinski definition) is 4. The summed E-state index contributed by atoms with van der Waals surface area (Å²) in [6.07, 6.45) is 3.86. The quantitative estimate of drug-likeness (QED) is 0.161. The number of esters is 1. The van der Waals surface area contributed by atoms with Gasteiger partial charge in [-0.05, 0) is 39.5 Å². The summed E-state index contributed by atoms with van der Waals surface area (Å²) in [6.45, 7) is 5.97. The Morgan fingerprint density at radius 3 is 2.40 bits per heavy atom. The van der Waals surface area contributed by atoms with E-state index in [-0.39, 0.29) is 18.3 Å². The minimum atomic E-state index is -0.903. The number of ether oxygens (including phenoxy) is 3. The van der Waals surface area contributed by atoms with Crippen LogP contribution in [0.4, 0.5) is 0 Å². The summed E-state index contributed by atoms with van der Waals surface area (Å²) in [4.78, 5) is 22.6. The van der Waals surface area contributed by atoms with E-state index in [9.17, 15) is 24.9 Å². The molecule has 35 heavy (non-hydrogen) atoms. The molecule has 2 aliphatic rings. The smallest absolute Gasteiger partial charge is 0.330 e. The Labute approximate surface area is 208 Å². The number of hydrogen-bond acceptors (Lipinski definition) is 8. The van der Waals surface area contributed by atoms with E-state index in [0.29, 0.717) is 32.5 Å². The van der Waals surface area contributed by atoms with Gasteiger partial charge < -0.3 is 34.6 Å². The van der Waals surface area contributed by atoms with E-state index < -0.39 is 48.6 Å². The van der Waals surface area contributed by atoms with Crippen LogP contribution in [0.15, 0.2) is 11.6 Å². The molecule has 8 atom stereocenters. The summed E-state index contributed by atoms with van der Waals surface area (Å²) in [5.41, 5.74) is 0.737. The Morgan fingerprint density at radius 1 is 1.09 bits per heavy atom. The number of aliphatic hydroxyl groups excluding tert-OH is 3. The Kier molecular flexibility index (Phi) is 12.6. The zero-order valence-electron chi connectivity index (χ0n) is 21.3. The van der Waals surface area contributed by atoms with E-state index in [1.165, 1.54) is 6.08 Å². The van der Waals surface area contributed by atoms with E-state index in [2.05, 4.69) is 0 Å². The topological polar surface area (TPSA) is 143 Å². The van der Waals surface area contributed by atoms with Gasteiger partial charge in [-0.2, -0.15) is 0 Å². The fourth-order valence-corrected chi connectivity index (χ4v) is 4.85. The summed E-state index contributed by atoms with van der Waals surface area (Å²) in [6, 6.07) is 0. The molecule has 0 aromatic heterocycles. The van der Waals surface area contributed by atoms with Crippen molar-refractivity contribution in [1.29, 1.82) is 0 Å². The predicted octanol–water partition coefficient (Wildman–Crippen LogP) is 2.59. The molecule has 2 fully saturated rings. The lowest BCUT2D eigenvalue weighted by atomic mass is 9.80. The van der Waals surface area contributed by atoms with Crippen molar-refractivity contribution in [3.8, 4) is 0 Å². The maximum atomic E-state index is 12.1. The first kappa shape index (κ1) is 29.7. The van der Waals surface area contributed by atoms with Gasteiger partial charge in [0, 0.05) is 24.3 Å². The van der Waals surface area contributed by atoms with Crippen molar-refractivity contribution >= 4 is 11.9 Å². The Bertz CT molecular complexity index is 692. The second-order valence-corrected chi connectivity index (χ2v) is 10.2. The first-order valence-corrected chi connectivity index (χ1v) is 13.0. The van der Waals surface area contributed by atoms with Gasteiger partial charge in [-0.25, -0.2) is 4.79 Å². The SMILES string of the molecule is CC(=CC(=O)OCCCCCCCCC(=O)O)CC1OCC2CC(O)[C@@H](C(C)C(C)O)OC2C1O. The number of aliphatic carboxylic acids is 1. The van der Waals surface area contributed by atoms with Crippen LogP contribution in [0.1, 0.15) is 78.6 Å². The van der Waals surface area contributed by atoms with Crippen LogP contribution >= 0.6 is 0 Å². The van der Waals surface area contributed by atoms with Crippen molar-refractivity contribution in [3.05, 3.63) is 11.6 Å². The first-order chi connectivity index (χ1) is 16.6. The number of carboxylic acids is 1. The number of aliphatic hydroxyl groups is 3. The lowest BCUT2D eigenvalue weighted by molar-refractivity contribution is -0.252. The second kappa shape index (κ2) is 14.9. The van der Waals surface area contributed by atoms with Gasteiger partial charge in [-0.1, -0.05) is 38.2 Å². The third kappa shape index (κ3) is 9.80. The molecule has 9 heteroatoms. The number of carbonyl (C=O) groups is 2. The van der Waals surface area contributed by atoms with E-state index in [0.717, 1.165) is 37.7 Å². The molecule has 7 unspecified atom stereocenters. The van der Waals surface area contributed by atoms with Crippen molar-refractivity contribution < 1.29 is 44.2 Å². The van der Waals surface area contributed by atoms with Crippen LogP contribution in [0.2, 0.25) is 0 Å². The van der Waals surface area contributed by atoms with Crippen LogP contribution in [0.5, 0.6) is 0 Å². The average molecular weight is 501 g/mol. The number of carboxylic acid groups (broad SMARTS) is 1. The standard InChI is InChI=1S/C26H44O9/c1-16(13-23(31)33-11-9-7-5-4-6-8-10-22(29)30)12-21-24(32)26-19(15-34-21)14-20(28)25(35-26)17(2)18(3)27/h13,17-21,24-28,32H,4-12,14-15H2,1-3H3,(H,29,30)/t17?,18?,19?,20?,21?,24?,25-,26?/m1/s1. The molecule has 0 aliphatic carbocycles. The van der Waals surface area contributed by atoms with Crippen LogP contribution in [0, 0.1) is 11.8 Å². The lowest BCUT2D eigenvalue weighted by Gasteiger charge is -2.48. The lowest BCUT2D eigenvalue weighted by Crippen LogP contribution is -2.59. The highest BCUT2D eigenvalue weighted by atomic mass is 16.6. The molecule has 0 spiro atoms. The third-order valence-electron chi connectivity index (χ3n) is 7.14. The van der Waals surface area contributed by atoms with Crippen molar-refractivity contribution in [2.45, 2.75) is 115 Å². The van der Waals surface area contributed by atoms with Crippen molar-refractivity contribution in [2.24, 2.45) is 11.8 Å². The van der Waals surface area contributed by atoms with E-state index in [4.69, 9.17) is 19.3 Å². The van der Waals surface area contributed by atoms with Gasteiger partial charge in [-0.3, -0.25) is 4.79 Å². The molecule has 0 bridgehead atoms. The zero-order chi connectivity index (χ0) is 26.0. The van der Waals surface area contributed by atoms with Gasteiger partial charge in [0.1, 0.15) is 6.10 Å². The molecule has 0 aromatic carbocycles. The predicted molar refractivity (Wildman–Crippen MR) is 129 cm³/mol. The van der Waals surface area contributed by atoms with Gasteiger partial charge >= 0.3 is 11.9 Å². The van der Waals surface area contributed by atoms with E-state index >= 15 is 0 Å². The number of unbranched alkanes of at least 4 members (excludes halogenated alkanes) is 5. The average Bonchev–Trinajstić information content (AvgIpc) is 2.78. The Balaban J connectivity index is 1.71.